The lowest BCUT2D eigenvalue weighted by molar-refractivity contribution is -0.165. The molecule has 24 heteroatoms. The van der Waals surface area contributed by atoms with Gasteiger partial charge < -0.3 is 78.7 Å². The Morgan fingerprint density at radius 3 is 0.481 bits per heavy atom. The number of ether oxygens (including phenoxy) is 8. The van der Waals surface area contributed by atoms with Crippen molar-refractivity contribution >= 4 is 47.8 Å². The second-order valence-electron chi connectivity index (χ2n) is 29.5. The van der Waals surface area contributed by atoms with E-state index >= 15 is 28.8 Å². The Bertz CT molecular complexity index is 4450. The molecule has 0 bridgehead atoms. The molecule has 8 aromatic carbocycles. The molecule has 0 aliphatic carbocycles. The molecule has 106 heavy (non-hydrogen) atoms. The molecule has 0 radical (unpaired) electrons. The number of aromatic hydroxyl groups is 8. The maximum atomic E-state index is 16.2. The lowest BCUT2D eigenvalue weighted by atomic mass is 9.56. The lowest BCUT2D eigenvalue weighted by Gasteiger charge is -2.46. The van der Waals surface area contributed by atoms with Gasteiger partial charge in [0.15, 0.2) is 0 Å². The zero-order valence-electron chi connectivity index (χ0n) is 60.2. The minimum atomic E-state index is -2.36. The van der Waals surface area contributed by atoms with Crippen molar-refractivity contribution in [2.75, 3.05) is 0 Å². The van der Waals surface area contributed by atoms with Crippen LogP contribution >= 0.6 is 0 Å². The third-order valence-electron chi connectivity index (χ3n) is 18.7. The summed E-state index contributed by atoms with van der Waals surface area (Å²) in [5, 5.41) is 82.5. The summed E-state index contributed by atoms with van der Waals surface area (Å²) in [5.74, 6) is -11.0. The van der Waals surface area contributed by atoms with Crippen molar-refractivity contribution in [3.05, 3.63) is 194 Å². The maximum absolute atomic E-state index is 16.2. The zero-order chi connectivity index (χ0) is 77.8. The maximum Gasteiger partial charge on any atom is 0.317 e. The minimum absolute atomic E-state index is 0.0101. The summed E-state index contributed by atoms with van der Waals surface area (Å²) in [4.78, 5) is 125. The number of phenolic OH excluding ortho intramolecular Hbond substituents is 8. The molecule has 0 aromatic heterocycles. The van der Waals surface area contributed by atoms with Crippen molar-refractivity contribution in [3.8, 4) is 92.0 Å². The van der Waals surface area contributed by atoms with E-state index in [1.807, 2.05) is 0 Å². The van der Waals surface area contributed by atoms with Gasteiger partial charge in [-0.05, 0) is 308 Å². The Kier molecular flexibility index (Phi) is 24.3. The van der Waals surface area contributed by atoms with Crippen LogP contribution in [0.15, 0.2) is 194 Å². The van der Waals surface area contributed by atoms with E-state index in [0.29, 0.717) is 0 Å². The van der Waals surface area contributed by atoms with Crippen LogP contribution in [0.25, 0.3) is 0 Å². The van der Waals surface area contributed by atoms with Crippen LogP contribution in [0, 0.1) is 43.3 Å². The Hall–Kier alpha value is -12.1. The van der Waals surface area contributed by atoms with Crippen molar-refractivity contribution in [1.29, 1.82) is 0 Å². The first kappa shape index (κ1) is 79.6. The first-order chi connectivity index (χ1) is 49.7. The fraction of sp³-hybridized carbons (Fsp3) is 0.317. The van der Waals surface area contributed by atoms with Crippen molar-refractivity contribution in [1.82, 2.24) is 0 Å². The van der Waals surface area contributed by atoms with Crippen LogP contribution in [-0.2, 0) is 38.4 Å². The van der Waals surface area contributed by atoms with Crippen molar-refractivity contribution in [2.45, 2.75) is 121 Å². The Morgan fingerprint density at radius 1 is 0.208 bits per heavy atom. The van der Waals surface area contributed by atoms with E-state index in [9.17, 15) is 50.4 Å². The molecule has 0 saturated heterocycles. The van der Waals surface area contributed by atoms with Gasteiger partial charge in [0.2, 0.25) is 0 Å². The van der Waals surface area contributed by atoms with E-state index in [1.54, 1.807) is 6.92 Å². The van der Waals surface area contributed by atoms with E-state index in [1.165, 1.54) is 256 Å². The number of esters is 8. The van der Waals surface area contributed by atoms with Crippen LogP contribution < -0.4 is 37.9 Å². The predicted octanol–water partition coefficient (Wildman–Crippen LogP) is 14.7. The summed E-state index contributed by atoms with van der Waals surface area (Å²) >= 11 is 0. The Balaban J connectivity index is 1.36. The van der Waals surface area contributed by atoms with Gasteiger partial charge in [0.1, 0.15) is 92.0 Å². The number of benzene rings is 8. The van der Waals surface area contributed by atoms with Gasteiger partial charge in [-0.25, -0.2) is 0 Å². The van der Waals surface area contributed by atoms with Gasteiger partial charge in [-0.1, -0.05) is 6.92 Å². The number of hydrogen-bond acceptors (Lipinski definition) is 24. The van der Waals surface area contributed by atoms with Crippen molar-refractivity contribution in [2.24, 2.45) is 43.3 Å². The largest absolute Gasteiger partial charge is 0.508 e. The molecule has 24 nitrogen and oxygen atoms in total. The molecule has 558 valence electrons. The molecule has 0 heterocycles. The highest BCUT2D eigenvalue weighted by molar-refractivity contribution is 5.89. The molecular weight excluding hydrogens is 1370 g/mol. The number of phenols is 8. The standard InChI is InChI=1S/C82H86O24/c1-11-76(4,68(92)100-60-30-14-52(84)15-31-60)45-78(6,70(94)102-62-34-18-54(86)19-35-62)47-80(8,72(96)104-64-38-22-56(88)23-39-64)49-82(10,74(98)106-66-42-26-58(90)27-43-66)50-81(9,73(97)105-65-40-24-57(89)25-41-65)48-79(7,71(95)103-63-36-20-55(87)21-37-63)46-77(5,69(93)101-61-32-16-53(85)17-33-61)44-75(2,3)67(91)99-59-28-12-51(83)13-29-59/h12-43,83-90H,11,44-50H2,1-10H3. The first-order valence-electron chi connectivity index (χ1n) is 33.8. The summed E-state index contributed by atoms with van der Waals surface area (Å²) < 4.78 is 48.7. The van der Waals surface area contributed by atoms with Gasteiger partial charge in [0, 0.05) is 0 Å². The second-order valence-corrected chi connectivity index (χ2v) is 29.5. The quantitative estimate of drug-likeness (QED) is 0.0148. The topological polar surface area (TPSA) is 372 Å². The summed E-state index contributed by atoms with van der Waals surface area (Å²) in [6.45, 7) is 14.3. The van der Waals surface area contributed by atoms with Crippen LogP contribution in [-0.4, -0.2) is 88.6 Å². The van der Waals surface area contributed by atoms with Gasteiger partial charge in [0.05, 0.1) is 43.3 Å². The van der Waals surface area contributed by atoms with Gasteiger partial charge in [-0.3, -0.25) is 38.4 Å². The minimum Gasteiger partial charge on any atom is -0.508 e. The fourth-order valence-corrected chi connectivity index (χ4v) is 13.8. The van der Waals surface area contributed by atoms with Gasteiger partial charge >= 0.3 is 47.8 Å². The highest BCUT2D eigenvalue weighted by atomic mass is 16.6. The van der Waals surface area contributed by atoms with Crippen LogP contribution in [0.1, 0.15) is 121 Å². The van der Waals surface area contributed by atoms with E-state index in [4.69, 9.17) is 37.9 Å². The lowest BCUT2D eigenvalue weighted by Crippen LogP contribution is -2.52. The normalized spacial score (nSPS) is 15.4. The van der Waals surface area contributed by atoms with Gasteiger partial charge in [-0.15, -0.1) is 0 Å². The third-order valence-corrected chi connectivity index (χ3v) is 18.7. The van der Waals surface area contributed by atoms with E-state index < -0.39 is 136 Å². The Morgan fingerprint density at radius 2 is 0.330 bits per heavy atom. The molecule has 8 N–H and O–H groups in total. The molecule has 0 aliphatic rings. The average Bonchev–Trinajstić information content (AvgIpc) is 0.752. The van der Waals surface area contributed by atoms with E-state index in [-0.39, 0.29) is 98.4 Å². The fourth-order valence-electron chi connectivity index (χ4n) is 13.8. The average molecular weight is 1460 g/mol. The number of hydrogen-bond donors (Lipinski definition) is 8. The van der Waals surface area contributed by atoms with Crippen LogP contribution in [0.3, 0.4) is 0 Å². The second kappa shape index (κ2) is 32.3. The first-order valence-corrected chi connectivity index (χ1v) is 33.8. The van der Waals surface area contributed by atoms with Crippen LogP contribution in [0.5, 0.6) is 92.0 Å². The zero-order valence-corrected chi connectivity index (χ0v) is 60.2. The van der Waals surface area contributed by atoms with E-state index in [0.717, 1.165) is 0 Å². The van der Waals surface area contributed by atoms with Crippen LogP contribution in [0.4, 0.5) is 0 Å². The summed E-state index contributed by atoms with van der Waals surface area (Å²) in [5.41, 5.74) is -16.8. The molecule has 8 rings (SSSR count). The summed E-state index contributed by atoms with van der Waals surface area (Å²) in [6.07, 6.45) is -4.94. The summed E-state index contributed by atoms with van der Waals surface area (Å²) in [7, 11) is 0. The number of carbonyl (C=O) groups excluding carboxylic acids is 8. The highest BCUT2D eigenvalue weighted by Gasteiger charge is 2.60. The number of carbonyl (C=O) groups is 8. The predicted molar refractivity (Wildman–Crippen MR) is 383 cm³/mol. The van der Waals surface area contributed by atoms with E-state index in [2.05, 4.69) is 0 Å². The molecule has 0 amide bonds. The molecule has 0 saturated carbocycles. The Labute approximate surface area is 612 Å². The molecular formula is C82H86O24. The molecule has 0 aliphatic heterocycles. The molecule has 0 spiro atoms. The van der Waals surface area contributed by atoms with Crippen molar-refractivity contribution in [3.63, 3.8) is 0 Å². The van der Waals surface area contributed by atoms with Gasteiger partial charge in [-0.2, -0.15) is 0 Å². The third kappa shape index (κ3) is 20.4. The van der Waals surface area contributed by atoms with Gasteiger partial charge in [0.25, 0.3) is 0 Å². The van der Waals surface area contributed by atoms with Crippen LogP contribution in [0.2, 0.25) is 0 Å². The molecule has 7 atom stereocenters. The highest BCUT2D eigenvalue weighted by Crippen LogP contribution is 2.56. The number of rotatable bonds is 31. The smallest absolute Gasteiger partial charge is 0.317 e. The molecule has 8 aromatic rings. The summed E-state index contributed by atoms with van der Waals surface area (Å²) in [6, 6.07) is 40.4. The SMILES string of the molecule is CCC(C)(CC(C)(CC(C)(CC(C)(CC(C)(CC(C)(CC(C)(CC(C)(C)C(=O)Oc1ccc(O)cc1)C(=O)Oc1ccc(O)cc1)C(=O)Oc1ccc(O)cc1)C(=O)Oc1ccc(O)cc1)C(=O)Oc1ccc(O)cc1)C(=O)Oc1ccc(O)cc1)C(=O)Oc1ccc(O)cc1)C(=O)Oc1ccc(O)cc1. The monoisotopic (exact) mass is 1450 g/mol. The molecule has 7 unspecified atom stereocenters. The van der Waals surface area contributed by atoms with Crippen molar-refractivity contribution < 1.29 is 117 Å². The molecule has 0 fully saturated rings.